The summed E-state index contributed by atoms with van der Waals surface area (Å²) in [5, 5.41) is 9.36. The van der Waals surface area contributed by atoms with Crippen LogP contribution in [0.2, 0.25) is 0 Å². The van der Waals surface area contributed by atoms with Crippen molar-refractivity contribution < 1.29 is 14.3 Å². The Labute approximate surface area is 114 Å². The van der Waals surface area contributed by atoms with Crippen molar-refractivity contribution >= 4 is 11.9 Å². The number of carbonyl (C=O) groups excluding carboxylic acids is 2. The zero-order valence-corrected chi connectivity index (χ0v) is 11.9. The number of rotatable bonds is 4. The second-order valence-electron chi connectivity index (χ2n) is 5.36. The topological polar surface area (TPSA) is 70.4 Å². The molecule has 0 aliphatic heterocycles. The molecule has 0 bridgehead atoms. The Bertz CT molecular complexity index is 381. The molecule has 1 aliphatic carbocycles. The van der Waals surface area contributed by atoms with Crippen molar-refractivity contribution in [2.75, 3.05) is 20.7 Å². The molecule has 0 aromatic carbocycles. The van der Waals surface area contributed by atoms with E-state index in [1.165, 1.54) is 12.0 Å². The molecule has 1 aliphatic rings. The highest BCUT2D eigenvalue weighted by Gasteiger charge is 2.41. The summed E-state index contributed by atoms with van der Waals surface area (Å²) in [5.41, 5.74) is -0.886. The molecular formula is C14H22N2O3. The molecule has 1 unspecified atom stereocenters. The molecule has 1 fully saturated rings. The van der Waals surface area contributed by atoms with Crippen LogP contribution in [0.5, 0.6) is 0 Å². The molecule has 0 saturated heterocycles. The van der Waals surface area contributed by atoms with E-state index in [2.05, 4.69) is 10.8 Å². The van der Waals surface area contributed by atoms with Gasteiger partial charge in [0, 0.05) is 13.6 Å². The van der Waals surface area contributed by atoms with Gasteiger partial charge in [-0.25, -0.2) is 0 Å². The van der Waals surface area contributed by atoms with Gasteiger partial charge in [0.2, 0.25) is 5.91 Å². The maximum absolute atomic E-state index is 12.4. The molecule has 0 spiro atoms. The lowest BCUT2D eigenvalue weighted by atomic mass is 9.74. The molecule has 5 nitrogen and oxygen atoms in total. The maximum Gasteiger partial charge on any atom is 0.310 e. The van der Waals surface area contributed by atoms with Crippen molar-refractivity contribution in [3.8, 4) is 6.07 Å². The molecule has 0 aromatic rings. The number of ether oxygens (including phenoxy) is 1. The minimum Gasteiger partial charge on any atom is -0.469 e. The summed E-state index contributed by atoms with van der Waals surface area (Å²) in [6, 6.07) is 2.21. The summed E-state index contributed by atoms with van der Waals surface area (Å²) >= 11 is 0. The number of methoxy groups -OCH3 is 1. The Morgan fingerprint density at radius 1 is 1.37 bits per heavy atom. The number of esters is 1. The highest BCUT2D eigenvalue weighted by Crippen LogP contribution is 2.37. The van der Waals surface area contributed by atoms with Gasteiger partial charge in [0.1, 0.15) is 5.41 Å². The molecule has 106 valence electrons. The average molecular weight is 266 g/mol. The summed E-state index contributed by atoms with van der Waals surface area (Å²) in [6.07, 6.45) is 4.16. The Hall–Kier alpha value is -1.57. The van der Waals surface area contributed by atoms with Crippen LogP contribution in [0.25, 0.3) is 0 Å². The Morgan fingerprint density at radius 3 is 2.42 bits per heavy atom. The Kier molecular flexibility index (Phi) is 5.34. The van der Waals surface area contributed by atoms with Crippen molar-refractivity contribution in [3.05, 3.63) is 0 Å². The van der Waals surface area contributed by atoms with E-state index < -0.39 is 5.41 Å². The number of amides is 1. The van der Waals surface area contributed by atoms with Gasteiger partial charge < -0.3 is 9.64 Å². The minimum absolute atomic E-state index is 0.162. The van der Waals surface area contributed by atoms with Gasteiger partial charge in [-0.1, -0.05) is 26.2 Å². The number of hydrogen-bond donors (Lipinski definition) is 0. The summed E-state index contributed by atoms with van der Waals surface area (Å²) < 4.78 is 4.65. The van der Waals surface area contributed by atoms with Crippen molar-refractivity contribution in [2.24, 2.45) is 11.3 Å². The standard InChI is InChI=1S/C14H22N2O3/c1-11(12(17)19-3)9-16(2)13(18)14(10-15)7-5-4-6-8-14/h11H,4-9H2,1-3H3. The van der Waals surface area contributed by atoms with Gasteiger partial charge in [-0.3, -0.25) is 9.59 Å². The van der Waals surface area contributed by atoms with Crippen molar-refractivity contribution in [1.29, 1.82) is 5.26 Å². The molecule has 0 heterocycles. The SMILES string of the molecule is COC(=O)C(C)CN(C)C(=O)C1(C#N)CCCCC1. The summed E-state index contributed by atoms with van der Waals surface area (Å²) in [5.74, 6) is -0.877. The molecule has 1 rings (SSSR count). The first-order valence-corrected chi connectivity index (χ1v) is 6.71. The van der Waals surface area contributed by atoms with Crippen molar-refractivity contribution in [3.63, 3.8) is 0 Å². The van der Waals surface area contributed by atoms with Gasteiger partial charge in [-0.05, 0) is 12.8 Å². The van der Waals surface area contributed by atoms with E-state index in [4.69, 9.17) is 0 Å². The first-order chi connectivity index (χ1) is 8.96. The van der Waals surface area contributed by atoms with E-state index in [-0.39, 0.29) is 24.3 Å². The molecule has 0 aromatic heterocycles. The fraction of sp³-hybridized carbons (Fsp3) is 0.786. The molecular weight excluding hydrogens is 244 g/mol. The van der Waals surface area contributed by atoms with Crippen LogP contribution in [0, 0.1) is 22.7 Å². The van der Waals surface area contributed by atoms with Crippen LogP contribution in [0.3, 0.4) is 0 Å². The van der Waals surface area contributed by atoms with Crippen LogP contribution in [0.15, 0.2) is 0 Å². The fourth-order valence-corrected chi connectivity index (χ4v) is 2.66. The van der Waals surface area contributed by atoms with Gasteiger partial charge in [-0.2, -0.15) is 5.26 Å². The van der Waals surface area contributed by atoms with Crippen LogP contribution in [-0.4, -0.2) is 37.5 Å². The van der Waals surface area contributed by atoms with E-state index in [1.807, 2.05) is 0 Å². The highest BCUT2D eigenvalue weighted by molar-refractivity contribution is 5.86. The van der Waals surface area contributed by atoms with Gasteiger partial charge in [-0.15, -0.1) is 0 Å². The van der Waals surface area contributed by atoms with Crippen LogP contribution in [0.1, 0.15) is 39.0 Å². The molecule has 19 heavy (non-hydrogen) atoms. The zero-order chi connectivity index (χ0) is 14.5. The second kappa shape index (κ2) is 6.55. The molecule has 1 saturated carbocycles. The quantitative estimate of drug-likeness (QED) is 0.726. The molecule has 1 amide bonds. The Balaban J connectivity index is 2.70. The van der Waals surface area contributed by atoms with Crippen molar-refractivity contribution in [2.45, 2.75) is 39.0 Å². The lowest BCUT2D eigenvalue weighted by Gasteiger charge is -2.33. The van der Waals surface area contributed by atoms with Gasteiger partial charge >= 0.3 is 5.97 Å². The average Bonchev–Trinajstić information content (AvgIpc) is 2.45. The molecule has 0 radical (unpaired) electrons. The second-order valence-corrected chi connectivity index (χ2v) is 5.36. The lowest BCUT2D eigenvalue weighted by Crippen LogP contribution is -2.44. The first kappa shape index (κ1) is 15.5. The van der Waals surface area contributed by atoms with Gasteiger partial charge in [0.25, 0.3) is 0 Å². The zero-order valence-electron chi connectivity index (χ0n) is 11.9. The lowest BCUT2D eigenvalue weighted by molar-refractivity contribution is -0.147. The van der Waals surface area contributed by atoms with Crippen LogP contribution >= 0.6 is 0 Å². The predicted molar refractivity (Wildman–Crippen MR) is 69.9 cm³/mol. The predicted octanol–water partition coefficient (Wildman–Crippen LogP) is 1.73. The largest absolute Gasteiger partial charge is 0.469 e. The minimum atomic E-state index is -0.886. The van der Waals surface area contributed by atoms with Gasteiger partial charge in [0.15, 0.2) is 0 Å². The van der Waals surface area contributed by atoms with Gasteiger partial charge in [0.05, 0.1) is 19.1 Å². The molecule has 1 atom stereocenters. The summed E-state index contributed by atoms with van der Waals surface area (Å²) in [6.45, 7) is 2.00. The number of carbonyl (C=O) groups is 2. The molecule has 5 heteroatoms. The van der Waals surface area contributed by atoms with E-state index in [9.17, 15) is 14.9 Å². The van der Waals surface area contributed by atoms with E-state index >= 15 is 0 Å². The normalized spacial score (nSPS) is 19.1. The van der Waals surface area contributed by atoms with Crippen molar-refractivity contribution in [1.82, 2.24) is 4.90 Å². The molecule has 0 N–H and O–H groups in total. The number of nitriles is 1. The third kappa shape index (κ3) is 3.46. The smallest absolute Gasteiger partial charge is 0.310 e. The number of hydrogen-bond acceptors (Lipinski definition) is 4. The van der Waals surface area contributed by atoms with Crippen LogP contribution in [-0.2, 0) is 14.3 Å². The summed E-state index contributed by atoms with van der Waals surface area (Å²) in [4.78, 5) is 25.3. The highest BCUT2D eigenvalue weighted by atomic mass is 16.5. The third-order valence-corrected chi connectivity index (χ3v) is 3.83. The monoisotopic (exact) mass is 266 g/mol. The van der Waals surface area contributed by atoms with E-state index in [0.717, 1.165) is 19.3 Å². The van der Waals surface area contributed by atoms with Crippen LogP contribution in [0.4, 0.5) is 0 Å². The van der Waals surface area contributed by atoms with E-state index in [0.29, 0.717) is 12.8 Å². The Morgan fingerprint density at radius 2 is 1.95 bits per heavy atom. The number of nitrogens with zero attached hydrogens (tertiary/aromatic N) is 2. The summed E-state index contributed by atoms with van der Waals surface area (Å²) in [7, 11) is 2.98. The first-order valence-electron chi connectivity index (χ1n) is 6.71. The van der Waals surface area contributed by atoms with E-state index in [1.54, 1.807) is 14.0 Å². The maximum atomic E-state index is 12.4. The third-order valence-electron chi connectivity index (χ3n) is 3.83. The van der Waals surface area contributed by atoms with Crippen LogP contribution < -0.4 is 0 Å². The fourth-order valence-electron chi connectivity index (χ4n) is 2.66.